The summed E-state index contributed by atoms with van der Waals surface area (Å²) >= 11 is 0. The summed E-state index contributed by atoms with van der Waals surface area (Å²) in [5.74, 6) is -4.47. The van der Waals surface area contributed by atoms with E-state index in [1.54, 1.807) is 0 Å². The Bertz CT molecular complexity index is 1740. The maximum Gasteiger partial charge on any atom is 1.00 e. The number of aliphatic hydroxyl groups is 5. The van der Waals surface area contributed by atoms with Crippen molar-refractivity contribution >= 4 is 23.7 Å². The summed E-state index contributed by atoms with van der Waals surface area (Å²) in [5.41, 5.74) is -1.81. The van der Waals surface area contributed by atoms with Crippen LogP contribution in [0.1, 0.15) is 106 Å². The molecule has 7 aliphatic rings. The van der Waals surface area contributed by atoms with Crippen molar-refractivity contribution in [1.82, 2.24) is 0 Å². The number of fused-ring (bicyclic) bond motifs is 7. The predicted octanol–water partition coefficient (Wildman–Crippen LogP) is -0.750. The minimum absolute atomic E-state index is 0. The summed E-state index contributed by atoms with van der Waals surface area (Å²) in [6.07, 6.45) is -12.2. The van der Waals surface area contributed by atoms with Gasteiger partial charge in [0.05, 0.1) is 11.5 Å². The Kier molecular flexibility index (Phi) is 12.9. The molecule has 16 nitrogen and oxygen atoms in total. The zero-order valence-corrected chi connectivity index (χ0v) is 38.5. The fraction of sp³-hybridized carbons (Fsp3) is 0.857. The SMILES string of the molecule is CC1(C)C2CC[C@]3(C)C(C(=O)C=C4C5C[C@@](C)(C(=O)O)CC[C@]5(C)CC[C@]43C)[C@@]2(C)CC[C@@H]1O[C@H]1O[C@H](C(=O)O)[C@@H](O)[C@H](O)[C@H]1O[C@@H]1O[C@H](C(=O)O)[C@@H](O)[C@H](O)[C@H]1O.[K+]. The molecule has 2 saturated heterocycles. The molecule has 0 amide bonds. The number of ether oxygens (including phenoxy) is 4. The summed E-state index contributed by atoms with van der Waals surface area (Å²) in [5, 5.41) is 83.0. The molecule has 0 aromatic heterocycles. The van der Waals surface area contributed by atoms with Gasteiger partial charge in [-0.05, 0) is 110 Å². The molecule has 2 aliphatic heterocycles. The van der Waals surface area contributed by atoms with Crippen molar-refractivity contribution in [3.05, 3.63) is 11.6 Å². The predicted molar refractivity (Wildman–Crippen MR) is 199 cm³/mol. The van der Waals surface area contributed by atoms with Gasteiger partial charge in [0, 0.05) is 5.92 Å². The van der Waals surface area contributed by atoms with E-state index in [9.17, 15) is 60.0 Å². The third kappa shape index (κ3) is 7.21. The van der Waals surface area contributed by atoms with Gasteiger partial charge in [-0.3, -0.25) is 9.59 Å². The van der Waals surface area contributed by atoms with Crippen molar-refractivity contribution in [2.45, 2.75) is 174 Å². The van der Waals surface area contributed by atoms with E-state index >= 15 is 0 Å². The standard InChI is InChI=1S/C42H62O16.K/c1-37(2)21-8-11-42(7)31(20(43)16-18-19-17-39(4,36(53)54)13-12-38(19,3)14-15-41(18,42)6)40(21,5)10-9-22(37)55-35-30(26(47)25(46)29(57-35)33(51)52)58-34-27(48)23(44)24(45)28(56-34)32(49)50;/h16,19,21-31,34-35,44-48H,8-15,17H2,1-7H3,(H,49,50)(H,51,52)(H,53,54);/q;+1/t19?,21?,22-,23-,24-,25-,26-,27+,28-,29-,30+,31?,34-,35-,38+,39-,40-,41+,42+;/m0./s1. The van der Waals surface area contributed by atoms with Crippen molar-refractivity contribution in [3.63, 3.8) is 0 Å². The Hall–Kier alpha value is -0.904. The number of carbonyl (C=O) groups excluding carboxylic acids is 1. The van der Waals surface area contributed by atoms with Crippen LogP contribution >= 0.6 is 0 Å². The number of hydrogen-bond acceptors (Lipinski definition) is 13. The smallest absolute Gasteiger partial charge is 0.481 e. The van der Waals surface area contributed by atoms with Crippen LogP contribution in [0.2, 0.25) is 0 Å². The number of aliphatic hydroxyl groups excluding tert-OH is 5. The normalized spacial score (nSPS) is 51.7. The van der Waals surface area contributed by atoms with E-state index < -0.39 is 107 Å². The Balaban J connectivity index is 0.00000585. The van der Waals surface area contributed by atoms with Crippen LogP contribution in [0.5, 0.6) is 0 Å². The molecule has 7 rings (SSSR count). The third-order valence-electron chi connectivity index (χ3n) is 17.2. The van der Waals surface area contributed by atoms with Gasteiger partial charge in [-0.1, -0.05) is 47.1 Å². The van der Waals surface area contributed by atoms with E-state index in [1.165, 1.54) is 0 Å². The van der Waals surface area contributed by atoms with Gasteiger partial charge in [0.2, 0.25) is 0 Å². The van der Waals surface area contributed by atoms with Gasteiger partial charge < -0.3 is 59.8 Å². The molecule has 2 heterocycles. The molecule has 0 spiro atoms. The number of allylic oxidation sites excluding steroid dienone is 2. The molecule has 8 N–H and O–H groups in total. The number of hydrogen-bond donors (Lipinski definition) is 8. The zero-order chi connectivity index (χ0) is 42.9. The van der Waals surface area contributed by atoms with Crippen LogP contribution in [0.4, 0.5) is 0 Å². The maximum atomic E-state index is 14.8. The van der Waals surface area contributed by atoms with Gasteiger partial charge in [-0.15, -0.1) is 0 Å². The Morgan fingerprint density at radius 1 is 0.695 bits per heavy atom. The van der Waals surface area contributed by atoms with Crippen LogP contribution < -0.4 is 51.4 Å². The number of carboxylic acid groups (broad SMARTS) is 3. The van der Waals surface area contributed by atoms with Crippen molar-refractivity contribution in [2.24, 2.45) is 50.2 Å². The minimum atomic E-state index is -2.05. The minimum Gasteiger partial charge on any atom is -0.481 e. The van der Waals surface area contributed by atoms with E-state index in [0.717, 1.165) is 37.7 Å². The number of carboxylic acids is 3. The Morgan fingerprint density at radius 3 is 1.86 bits per heavy atom. The van der Waals surface area contributed by atoms with Crippen molar-refractivity contribution in [3.8, 4) is 0 Å². The molecule has 0 bridgehead atoms. The fourth-order valence-corrected chi connectivity index (χ4v) is 13.4. The monoisotopic (exact) mass is 861 g/mol. The van der Waals surface area contributed by atoms with E-state index in [4.69, 9.17) is 18.9 Å². The summed E-state index contributed by atoms with van der Waals surface area (Å²) in [4.78, 5) is 51.3. The van der Waals surface area contributed by atoms with Gasteiger partial charge in [0.25, 0.3) is 0 Å². The first-order valence-electron chi connectivity index (χ1n) is 20.7. The zero-order valence-electron chi connectivity index (χ0n) is 35.4. The topological polar surface area (TPSA) is 267 Å². The molecule has 3 unspecified atom stereocenters. The number of carbonyl (C=O) groups is 4. The summed E-state index contributed by atoms with van der Waals surface area (Å²) in [6, 6.07) is 0. The van der Waals surface area contributed by atoms with Crippen LogP contribution in [0.15, 0.2) is 11.6 Å². The molecular formula is C42H62KO16+. The fourth-order valence-electron chi connectivity index (χ4n) is 13.4. The first-order valence-corrected chi connectivity index (χ1v) is 20.7. The van der Waals surface area contributed by atoms with E-state index in [2.05, 4.69) is 27.7 Å². The van der Waals surface area contributed by atoms with Gasteiger partial charge in [0.1, 0.15) is 36.6 Å². The second-order valence-corrected chi connectivity index (χ2v) is 20.6. The molecule has 0 aromatic carbocycles. The van der Waals surface area contributed by atoms with Crippen LogP contribution in [0.3, 0.4) is 0 Å². The van der Waals surface area contributed by atoms with Gasteiger partial charge >= 0.3 is 69.3 Å². The number of ketones is 1. The van der Waals surface area contributed by atoms with Crippen LogP contribution in [0.25, 0.3) is 0 Å². The Morgan fingerprint density at radius 2 is 1.27 bits per heavy atom. The van der Waals surface area contributed by atoms with Crippen LogP contribution in [-0.4, -0.2) is 132 Å². The number of aliphatic carboxylic acids is 3. The number of rotatable bonds is 7. The molecule has 326 valence electrons. The molecule has 6 fully saturated rings. The molecule has 19 atom stereocenters. The summed E-state index contributed by atoms with van der Waals surface area (Å²) in [6.45, 7) is 14.8. The average molecular weight is 862 g/mol. The summed E-state index contributed by atoms with van der Waals surface area (Å²) in [7, 11) is 0. The van der Waals surface area contributed by atoms with E-state index in [0.29, 0.717) is 25.7 Å². The van der Waals surface area contributed by atoms with Crippen molar-refractivity contribution in [1.29, 1.82) is 0 Å². The first kappa shape index (κ1) is 47.6. The molecule has 5 aliphatic carbocycles. The Labute approximate surface area is 386 Å². The van der Waals surface area contributed by atoms with E-state index in [-0.39, 0.29) is 85.8 Å². The van der Waals surface area contributed by atoms with Crippen LogP contribution in [-0.2, 0) is 38.1 Å². The first-order chi connectivity index (χ1) is 26.8. The maximum absolute atomic E-state index is 14.8. The molecule has 0 aromatic rings. The van der Waals surface area contributed by atoms with Gasteiger partial charge in [-0.25, -0.2) is 9.59 Å². The second kappa shape index (κ2) is 16.0. The molecule has 0 radical (unpaired) electrons. The van der Waals surface area contributed by atoms with Crippen molar-refractivity contribution in [2.75, 3.05) is 0 Å². The van der Waals surface area contributed by atoms with Crippen molar-refractivity contribution < 1.29 is 130 Å². The van der Waals surface area contributed by atoms with Crippen LogP contribution in [0, 0.1) is 50.2 Å². The third-order valence-corrected chi connectivity index (χ3v) is 17.2. The summed E-state index contributed by atoms with van der Waals surface area (Å²) < 4.78 is 23.4. The van der Waals surface area contributed by atoms with E-state index in [1.807, 2.05) is 26.8 Å². The molecular weight excluding hydrogens is 800 g/mol. The molecule has 17 heteroatoms. The average Bonchev–Trinajstić information content (AvgIpc) is 3.13. The van der Waals surface area contributed by atoms with Gasteiger partial charge in [0.15, 0.2) is 30.6 Å². The molecule has 4 saturated carbocycles. The largest absolute Gasteiger partial charge is 1.00 e. The molecule has 59 heavy (non-hydrogen) atoms. The quantitative estimate of drug-likeness (QED) is 0.116. The van der Waals surface area contributed by atoms with Gasteiger partial charge in [-0.2, -0.15) is 0 Å². The second-order valence-electron chi connectivity index (χ2n) is 20.6.